The Hall–Kier alpha value is -2.77. The van der Waals surface area contributed by atoms with Gasteiger partial charge in [0.25, 0.3) is 0 Å². The molecule has 3 N–H and O–H groups in total. The van der Waals surface area contributed by atoms with E-state index >= 15 is 0 Å². The molecule has 27 heavy (non-hydrogen) atoms. The number of anilines is 1. The van der Waals surface area contributed by atoms with Crippen molar-refractivity contribution in [2.45, 2.75) is 58.7 Å². The summed E-state index contributed by atoms with van der Waals surface area (Å²) < 4.78 is 10.3. The summed E-state index contributed by atoms with van der Waals surface area (Å²) in [6, 6.07) is 6.37. The molecule has 0 heterocycles. The Labute approximate surface area is 159 Å². The summed E-state index contributed by atoms with van der Waals surface area (Å²) in [5.41, 5.74) is -0.514. The number of hydrogen-bond donors (Lipinski definition) is 3. The normalized spacial score (nSPS) is 12.7. The van der Waals surface area contributed by atoms with Gasteiger partial charge >= 0.3 is 18.2 Å². The summed E-state index contributed by atoms with van der Waals surface area (Å²) in [5, 5.41) is 14.5. The number of carbonyl (C=O) groups is 3. The number of rotatable bonds is 5. The van der Waals surface area contributed by atoms with Crippen LogP contribution in [0.3, 0.4) is 0 Å². The van der Waals surface area contributed by atoms with E-state index < -0.39 is 35.3 Å². The van der Waals surface area contributed by atoms with Crippen molar-refractivity contribution in [2.24, 2.45) is 0 Å². The van der Waals surface area contributed by atoms with Crippen LogP contribution in [-0.4, -0.2) is 41.0 Å². The standard InChI is InChI=1S/C19H28N2O6/c1-18(2,3)26-16(24)20-11-14(15(22)23)12-8-7-9-13(10-12)21-17(25)27-19(4,5)6/h7-10,14H,11H2,1-6H3,(H,20,24)(H,21,25)(H,22,23). The number of alkyl carbamates (subject to hydrolysis) is 1. The van der Waals surface area contributed by atoms with Gasteiger partial charge in [0.2, 0.25) is 0 Å². The smallest absolute Gasteiger partial charge is 0.412 e. The third-order valence-electron chi connectivity index (χ3n) is 3.08. The fourth-order valence-electron chi connectivity index (χ4n) is 2.10. The van der Waals surface area contributed by atoms with Crippen molar-refractivity contribution >= 4 is 23.8 Å². The SMILES string of the molecule is CC(C)(C)OC(=O)NCC(C(=O)O)c1cccc(NC(=O)OC(C)(C)C)c1. The van der Waals surface area contributed by atoms with Crippen molar-refractivity contribution in [1.82, 2.24) is 5.32 Å². The van der Waals surface area contributed by atoms with Crippen LogP contribution in [0.25, 0.3) is 0 Å². The van der Waals surface area contributed by atoms with E-state index in [4.69, 9.17) is 9.47 Å². The highest BCUT2D eigenvalue weighted by Crippen LogP contribution is 2.21. The van der Waals surface area contributed by atoms with Crippen molar-refractivity contribution in [2.75, 3.05) is 11.9 Å². The van der Waals surface area contributed by atoms with Gasteiger partial charge in [0, 0.05) is 12.2 Å². The van der Waals surface area contributed by atoms with Crippen LogP contribution < -0.4 is 10.6 Å². The summed E-state index contributed by atoms with van der Waals surface area (Å²) >= 11 is 0. The van der Waals surface area contributed by atoms with Gasteiger partial charge in [-0.25, -0.2) is 9.59 Å². The lowest BCUT2D eigenvalue weighted by molar-refractivity contribution is -0.138. The number of benzene rings is 1. The summed E-state index contributed by atoms with van der Waals surface area (Å²) in [6.07, 6.45) is -1.34. The van der Waals surface area contributed by atoms with Crippen molar-refractivity contribution in [1.29, 1.82) is 0 Å². The topological polar surface area (TPSA) is 114 Å². The lowest BCUT2D eigenvalue weighted by Gasteiger charge is -2.21. The summed E-state index contributed by atoms with van der Waals surface area (Å²) in [4.78, 5) is 35.2. The molecule has 0 saturated carbocycles. The molecule has 2 amide bonds. The number of hydrogen-bond acceptors (Lipinski definition) is 5. The summed E-state index contributed by atoms with van der Waals surface area (Å²) in [6.45, 7) is 10.2. The van der Waals surface area contributed by atoms with Crippen LogP contribution in [0.5, 0.6) is 0 Å². The Morgan fingerprint density at radius 1 is 1.00 bits per heavy atom. The highest BCUT2D eigenvalue weighted by atomic mass is 16.6. The molecule has 1 aromatic rings. The van der Waals surface area contributed by atoms with Gasteiger partial charge in [0.15, 0.2) is 0 Å². The Balaban J connectivity index is 2.83. The van der Waals surface area contributed by atoms with Crippen LogP contribution in [0.2, 0.25) is 0 Å². The molecule has 0 radical (unpaired) electrons. The largest absolute Gasteiger partial charge is 0.481 e. The maximum Gasteiger partial charge on any atom is 0.412 e. The number of carboxylic acids is 1. The first kappa shape index (κ1) is 22.3. The minimum atomic E-state index is -1.11. The van der Waals surface area contributed by atoms with E-state index in [1.54, 1.807) is 59.7 Å². The Morgan fingerprint density at radius 2 is 1.56 bits per heavy atom. The van der Waals surface area contributed by atoms with Gasteiger partial charge in [-0.1, -0.05) is 12.1 Å². The van der Waals surface area contributed by atoms with Crippen LogP contribution in [-0.2, 0) is 14.3 Å². The van der Waals surface area contributed by atoms with Crippen LogP contribution >= 0.6 is 0 Å². The molecule has 0 aliphatic rings. The molecule has 1 atom stereocenters. The molecule has 0 spiro atoms. The van der Waals surface area contributed by atoms with Gasteiger partial charge in [-0.2, -0.15) is 0 Å². The quantitative estimate of drug-likeness (QED) is 0.717. The molecule has 0 aromatic heterocycles. The van der Waals surface area contributed by atoms with Crippen molar-refractivity contribution in [3.05, 3.63) is 29.8 Å². The van der Waals surface area contributed by atoms with Crippen molar-refractivity contribution < 1.29 is 29.0 Å². The van der Waals surface area contributed by atoms with Gasteiger partial charge in [0.1, 0.15) is 11.2 Å². The molecular weight excluding hydrogens is 352 g/mol. The molecule has 0 aliphatic heterocycles. The number of aliphatic carboxylic acids is 1. The highest BCUT2D eigenvalue weighted by molar-refractivity contribution is 5.85. The molecule has 0 aliphatic carbocycles. The second kappa shape index (κ2) is 8.75. The maximum atomic E-state index is 11.9. The molecule has 0 bridgehead atoms. The molecule has 0 fully saturated rings. The third kappa shape index (κ3) is 8.94. The Kier molecular flexibility index (Phi) is 7.21. The second-order valence-electron chi connectivity index (χ2n) is 8.03. The minimum Gasteiger partial charge on any atom is -0.481 e. The lowest BCUT2D eigenvalue weighted by atomic mass is 9.98. The van der Waals surface area contributed by atoms with Crippen LogP contribution in [0.1, 0.15) is 53.0 Å². The van der Waals surface area contributed by atoms with Gasteiger partial charge < -0.3 is 19.9 Å². The number of carboxylic acid groups (broad SMARTS) is 1. The number of ether oxygens (including phenoxy) is 2. The van der Waals surface area contributed by atoms with E-state index in [-0.39, 0.29) is 6.54 Å². The van der Waals surface area contributed by atoms with E-state index in [2.05, 4.69) is 10.6 Å². The molecule has 0 saturated heterocycles. The molecular formula is C19H28N2O6. The fourth-order valence-corrected chi connectivity index (χ4v) is 2.10. The average molecular weight is 380 g/mol. The van der Waals surface area contributed by atoms with Gasteiger partial charge in [-0.05, 0) is 59.2 Å². The van der Waals surface area contributed by atoms with Crippen LogP contribution in [0.15, 0.2) is 24.3 Å². The zero-order valence-electron chi connectivity index (χ0n) is 16.6. The lowest BCUT2D eigenvalue weighted by Crippen LogP contribution is -2.36. The second-order valence-corrected chi connectivity index (χ2v) is 8.03. The minimum absolute atomic E-state index is 0.153. The number of amides is 2. The van der Waals surface area contributed by atoms with E-state index in [0.29, 0.717) is 11.3 Å². The number of nitrogens with one attached hydrogen (secondary N) is 2. The highest BCUT2D eigenvalue weighted by Gasteiger charge is 2.23. The first-order chi connectivity index (χ1) is 12.3. The van der Waals surface area contributed by atoms with Crippen molar-refractivity contribution in [3.8, 4) is 0 Å². The average Bonchev–Trinajstić information content (AvgIpc) is 2.43. The summed E-state index contributed by atoms with van der Waals surface area (Å²) in [5.74, 6) is -2.11. The van der Waals surface area contributed by atoms with Crippen LogP contribution in [0, 0.1) is 0 Å². The van der Waals surface area contributed by atoms with Gasteiger partial charge in [-0.3, -0.25) is 10.1 Å². The molecule has 150 valence electrons. The molecule has 1 aromatic carbocycles. The molecule has 1 rings (SSSR count). The zero-order valence-corrected chi connectivity index (χ0v) is 16.6. The van der Waals surface area contributed by atoms with Crippen LogP contribution in [0.4, 0.5) is 15.3 Å². The first-order valence-electron chi connectivity index (χ1n) is 8.56. The molecule has 8 heteroatoms. The fraction of sp³-hybridized carbons (Fsp3) is 0.526. The predicted octanol–water partition coefficient (Wildman–Crippen LogP) is 3.73. The molecule has 8 nitrogen and oxygen atoms in total. The predicted molar refractivity (Wildman–Crippen MR) is 101 cm³/mol. The number of carbonyl (C=O) groups excluding carboxylic acids is 2. The van der Waals surface area contributed by atoms with Gasteiger partial charge in [-0.15, -0.1) is 0 Å². The Bertz CT molecular complexity index is 688. The maximum absolute atomic E-state index is 11.9. The van der Waals surface area contributed by atoms with E-state index in [9.17, 15) is 19.5 Å². The summed E-state index contributed by atoms with van der Waals surface area (Å²) in [7, 11) is 0. The monoisotopic (exact) mass is 380 g/mol. The van der Waals surface area contributed by atoms with Crippen molar-refractivity contribution in [3.63, 3.8) is 0 Å². The Morgan fingerprint density at radius 3 is 2.07 bits per heavy atom. The van der Waals surface area contributed by atoms with Gasteiger partial charge in [0.05, 0.1) is 5.92 Å². The zero-order chi connectivity index (χ0) is 20.8. The van der Waals surface area contributed by atoms with E-state index in [0.717, 1.165) is 0 Å². The molecule has 1 unspecified atom stereocenters. The van der Waals surface area contributed by atoms with E-state index in [1.807, 2.05) is 0 Å². The first-order valence-corrected chi connectivity index (χ1v) is 8.56. The third-order valence-corrected chi connectivity index (χ3v) is 3.08. The van der Waals surface area contributed by atoms with E-state index in [1.165, 1.54) is 6.07 Å².